The number of nitrogens with zero attached hydrogens (tertiary/aromatic N) is 3. The monoisotopic (exact) mass is 266 g/mol. The van der Waals surface area contributed by atoms with Crippen LogP contribution in [0.15, 0.2) is 0 Å². The second-order valence-electron chi connectivity index (χ2n) is 5.03. The maximum absolute atomic E-state index is 12.3. The zero-order valence-electron chi connectivity index (χ0n) is 10.6. The van der Waals surface area contributed by atoms with Crippen LogP contribution in [0.4, 0.5) is 5.13 Å². The molecule has 1 aliphatic carbocycles. The highest BCUT2D eigenvalue weighted by atomic mass is 32.1. The van der Waals surface area contributed by atoms with Gasteiger partial charge in [0.05, 0.1) is 5.69 Å². The molecule has 0 aromatic carbocycles. The summed E-state index contributed by atoms with van der Waals surface area (Å²) in [6, 6.07) is 0.794. The molecule has 1 aliphatic heterocycles. The number of anilines is 1. The van der Waals surface area contributed by atoms with E-state index >= 15 is 0 Å². The predicted molar refractivity (Wildman–Crippen MR) is 71.8 cm³/mol. The van der Waals surface area contributed by atoms with Crippen LogP contribution in [0.2, 0.25) is 0 Å². The van der Waals surface area contributed by atoms with Crippen molar-refractivity contribution in [1.82, 2.24) is 14.8 Å². The van der Waals surface area contributed by atoms with Gasteiger partial charge in [-0.2, -0.15) is 0 Å². The first kappa shape index (κ1) is 11.9. The fourth-order valence-corrected chi connectivity index (χ4v) is 3.29. The summed E-state index contributed by atoms with van der Waals surface area (Å²) in [7, 11) is 0. The summed E-state index contributed by atoms with van der Waals surface area (Å²) in [4.78, 5) is 21.6. The summed E-state index contributed by atoms with van der Waals surface area (Å²) in [5.74, 6) is 0.0946. The van der Waals surface area contributed by atoms with Gasteiger partial charge in [-0.05, 0) is 19.8 Å². The van der Waals surface area contributed by atoms with E-state index in [-0.39, 0.29) is 5.91 Å². The van der Waals surface area contributed by atoms with Crippen LogP contribution in [0, 0.1) is 6.92 Å². The van der Waals surface area contributed by atoms with E-state index in [0.717, 1.165) is 37.9 Å². The van der Waals surface area contributed by atoms with Crippen molar-refractivity contribution in [2.45, 2.75) is 25.8 Å². The number of rotatable bonds is 2. The van der Waals surface area contributed by atoms with Crippen molar-refractivity contribution in [3.05, 3.63) is 10.6 Å². The van der Waals surface area contributed by atoms with Gasteiger partial charge in [-0.1, -0.05) is 11.3 Å². The fourth-order valence-electron chi connectivity index (χ4n) is 2.49. The summed E-state index contributed by atoms with van der Waals surface area (Å²) in [5.41, 5.74) is 6.40. The largest absolute Gasteiger partial charge is 0.375 e. The zero-order valence-corrected chi connectivity index (χ0v) is 11.4. The Morgan fingerprint density at radius 1 is 1.33 bits per heavy atom. The van der Waals surface area contributed by atoms with E-state index in [9.17, 15) is 4.79 Å². The van der Waals surface area contributed by atoms with Crippen molar-refractivity contribution >= 4 is 22.4 Å². The standard InChI is InChI=1S/C12H18N4OS/c1-8-10(18-12(13)14-8)11(17)16-6-4-15(5-7-16)9-2-3-9/h9H,2-7H2,1H3,(H2,13,14). The molecule has 5 nitrogen and oxygen atoms in total. The summed E-state index contributed by atoms with van der Waals surface area (Å²) in [6.45, 7) is 5.51. The number of carbonyl (C=O) groups excluding carboxylic acids is 1. The molecule has 0 spiro atoms. The molecule has 6 heteroatoms. The van der Waals surface area contributed by atoms with Crippen LogP contribution in [0.3, 0.4) is 0 Å². The van der Waals surface area contributed by atoms with Gasteiger partial charge >= 0.3 is 0 Å². The van der Waals surface area contributed by atoms with Gasteiger partial charge in [-0.3, -0.25) is 9.69 Å². The predicted octanol–water partition coefficient (Wildman–Crippen LogP) is 0.954. The van der Waals surface area contributed by atoms with Gasteiger partial charge in [0.25, 0.3) is 5.91 Å². The van der Waals surface area contributed by atoms with Crippen molar-refractivity contribution in [2.75, 3.05) is 31.9 Å². The molecule has 1 saturated carbocycles. The van der Waals surface area contributed by atoms with E-state index in [0.29, 0.717) is 10.0 Å². The lowest BCUT2D eigenvalue weighted by Gasteiger charge is -2.34. The molecule has 2 heterocycles. The quantitative estimate of drug-likeness (QED) is 0.866. The Morgan fingerprint density at radius 3 is 2.50 bits per heavy atom. The van der Waals surface area contributed by atoms with Gasteiger partial charge in [0.15, 0.2) is 5.13 Å². The van der Waals surface area contributed by atoms with Gasteiger partial charge in [-0.15, -0.1) is 0 Å². The first-order valence-corrected chi connectivity index (χ1v) is 7.23. The number of aromatic nitrogens is 1. The van der Waals surface area contributed by atoms with Crippen LogP contribution in [0.25, 0.3) is 0 Å². The molecule has 3 rings (SSSR count). The molecule has 2 aliphatic rings. The van der Waals surface area contributed by atoms with Gasteiger partial charge in [0.2, 0.25) is 0 Å². The summed E-state index contributed by atoms with van der Waals surface area (Å²) >= 11 is 1.30. The number of piperazine rings is 1. The molecule has 1 amide bonds. The molecule has 1 aromatic heterocycles. The zero-order chi connectivity index (χ0) is 12.7. The first-order valence-electron chi connectivity index (χ1n) is 6.41. The minimum atomic E-state index is 0.0946. The normalized spacial score (nSPS) is 21.3. The molecular formula is C12H18N4OS. The minimum Gasteiger partial charge on any atom is -0.375 e. The Labute approximate surface area is 111 Å². The molecule has 1 saturated heterocycles. The lowest BCUT2D eigenvalue weighted by molar-refractivity contribution is 0.0631. The van der Waals surface area contributed by atoms with E-state index < -0.39 is 0 Å². The van der Waals surface area contributed by atoms with Crippen LogP contribution in [0.1, 0.15) is 28.2 Å². The average Bonchev–Trinajstić information content (AvgIpc) is 3.15. The van der Waals surface area contributed by atoms with Crippen LogP contribution < -0.4 is 5.73 Å². The number of aryl methyl sites for hydroxylation is 1. The van der Waals surface area contributed by atoms with E-state index in [1.807, 2.05) is 11.8 Å². The third-order valence-corrected chi connectivity index (χ3v) is 4.65. The lowest BCUT2D eigenvalue weighted by Crippen LogP contribution is -2.49. The Morgan fingerprint density at radius 2 is 2.00 bits per heavy atom. The number of nitrogen functional groups attached to an aromatic ring is 1. The maximum Gasteiger partial charge on any atom is 0.266 e. The molecule has 0 radical (unpaired) electrons. The Hall–Kier alpha value is -1.14. The van der Waals surface area contributed by atoms with E-state index in [2.05, 4.69) is 9.88 Å². The number of nitrogens with two attached hydrogens (primary N) is 1. The van der Waals surface area contributed by atoms with Crippen molar-refractivity contribution in [3.63, 3.8) is 0 Å². The smallest absolute Gasteiger partial charge is 0.266 e. The summed E-state index contributed by atoms with van der Waals surface area (Å²) in [6.07, 6.45) is 2.66. The molecule has 0 atom stereocenters. The molecule has 2 N–H and O–H groups in total. The SMILES string of the molecule is Cc1nc(N)sc1C(=O)N1CCN(C2CC2)CC1. The van der Waals surface area contributed by atoms with Crippen LogP contribution in [0.5, 0.6) is 0 Å². The van der Waals surface area contributed by atoms with E-state index in [1.54, 1.807) is 0 Å². The third-order valence-electron chi connectivity index (χ3n) is 3.67. The average molecular weight is 266 g/mol. The Bertz CT molecular complexity index is 461. The van der Waals surface area contributed by atoms with Crippen LogP contribution >= 0.6 is 11.3 Å². The van der Waals surface area contributed by atoms with Crippen LogP contribution in [-0.2, 0) is 0 Å². The number of carbonyl (C=O) groups is 1. The highest BCUT2D eigenvalue weighted by molar-refractivity contribution is 7.17. The van der Waals surface area contributed by atoms with Gasteiger partial charge < -0.3 is 10.6 Å². The highest BCUT2D eigenvalue weighted by Crippen LogP contribution is 2.28. The molecule has 1 aromatic rings. The third kappa shape index (κ3) is 2.22. The number of hydrogen-bond donors (Lipinski definition) is 1. The number of hydrogen-bond acceptors (Lipinski definition) is 5. The highest BCUT2D eigenvalue weighted by Gasteiger charge is 2.33. The molecule has 18 heavy (non-hydrogen) atoms. The Kier molecular flexibility index (Phi) is 2.99. The molecule has 0 unspecified atom stereocenters. The lowest BCUT2D eigenvalue weighted by atomic mass is 10.2. The Balaban J connectivity index is 1.65. The van der Waals surface area contributed by atoms with Crippen molar-refractivity contribution < 1.29 is 4.79 Å². The molecule has 2 fully saturated rings. The van der Waals surface area contributed by atoms with Gasteiger partial charge in [-0.25, -0.2) is 4.98 Å². The number of amides is 1. The van der Waals surface area contributed by atoms with Gasteiger partial charge in [0.1, 0.15) is 4.88 Å². The minimum absolute atomic E-state index is 0.0946. The molecular weight excluding hydrogens is 248 g/mol. The summed E-state index contributed by atoms with van der Waals surface area (Å²) < 4.78 is 0. The van der Waals surface area contributed by atoms with Gasteiger partial charge in [0, 0.05) is 32.2 Å². The van der Waals surface area contributed by atoms with E-state index in [1.165, 1.54) is 24.2 Å². The van der Waals surface area contributed by atoms with Crippen molar-refractivity contribution in [3.8, 4) is 0 Å². The summed E-state index contributed by atoms with van der Waals surface area (Å²) in [5, 5.41) is 0.479. The first-order chi connectivity index (χ1) is 8.65. The fraction of sp³-hybridized carbons (Fsp3) is 0.667. The molecule has 0 bridgehead atoms. The van der Waals surface area contributed by atoms with E-state index in [4.69, 9.17) is 5.73 Å². The van der Waals surface area contributed by atoms with Crippen molar-refractivity contribution in [1.29, 1.82) is 0 Å². The van der Waals surface area contributed by atoms with Crippen LogP contribution in [-0.4, -0.2) is 52.9 Å². The second kappa shape index (κ2) is 4.51. The maximum atomic E-state index is 12.3. The second-order valence-corrected chi connectivity index (χ2v) is 6.06. The molecule has 98 valence electrons. The topological polar surface area (TPSA) is 62.5 Å². The number of thiazole rings is 1. The van der Waals surface area contributed by atoms with Crippen molar-refractivity contribution in [2.24, 2.45) is 0 Å².